The first-order valence-corrected chi connectivity index (χ1v) is 19.4. The van der Waals surface area contributed by atoms with E-state index >= 15 is 0 Å². The number of carboxylic acid groups (broad SMARTS) is 1. The molecule has 51 heavy (non-hydrogen) atoms. The SMILES string of the molecule is CC(C)(C)OC(=O)N1CCCC1C(=O)CC1Cc2ccc(Br)cc2C1.CC(C)(C)OC(=O)N1CCCC1C(=O)O.NC1Cc2ccc(Br)cc2C1. The highest BCUT2D eigenvalue weighted by Gasteiger charge is 2.38. The first-order chi connectivity index (χ1) is 23.8. The summed E-state index contributed by atoms with van der Waals surface area (Å²) in [6.45, 7) is 11.9. The summed E-state index contributed by atoms with van der Waals surface area (Å²) in [7, 11) is 0. The number of carboxylic acids is 1. The van der Waals surface area contributed by atoms with Crippen molar-refractivity contribution >= 4 is 55.8 Å². The Morgan fingerprint density at radius 1 is 0.725 bits per heavy atom. The van der Waals surface area contributed by atoms with Crippen LogP contribution in [0.2, 0.25) is 0 Å². The van der Waals surface area contributed by atoms with E-state index in [2.05, 4.69) is 68.3 Å². The van der Waals surface area contributed by atoms with Crippen LogP contribution in [0.15, 0.2) is 45.3 Å². The number of hydrogen-bond acceptors (Lipinski definition) is 7. The Morgan fingerprint density at radius 2 is 1.16 bits per heavy atom. The first-order valence-electron chi connectivity index (χ1n) is 17.8. The number of carbonyl (C=O) groups is 4. The zero-order valence-corrected chi connectivity index (χ0v) is 33.8. The molecular weight excluding hydrogens is 782 g/mol. The Bertz CT molecular complexity index is 1590. The molecule has 2 saturated heterocycles. The molecule has 4 atom stereocenters. The third-order valence-electron chi connectivity index (χ3n) is 9.23. The summed E-state index contributed by atoms with van der Waals surface area (Å²) >= 11 is 6.96. The van der Waals surface area contributed by atoms with Gasteiger partial charge in [0.2, 0.25) is 0 Å². The van der Waals surface area contributed by atoms with Crippen molar-refractivity contribution in [2.24, 2.45) is 11.7 Å². The number of Topliss-reactive ketones (excluding diaryl/α,β-unsaturated/α-hetero) is 1. The number of carbonyl (C=O) groups excluding carboxylic acids is 3. The van der Waals surface area contributed by atoms with Gasteiger partial charge < -0.3 is 20.3 Å². The molecule has 2 amide bonds. The molecule has 2 aromatic carbocycles. The molecule has 2 aliphatic carbocycles. The van der Waals surface area contributed by atoms with Gasteiger partial charge in [-0.25, -0.2) is 14.4 Å². The van der Waals surface area contributed by atoms with Crippen molar-refractivity contribution in [3.8, 4) is 0 Å². The summed E-state index contributed by atoms with van der Waals surface area (Å²) in [4.78, 5) is 50.6. The third-order valence-corrected chi connectivity index (χ3v) is 10.2. The Kier molecular flexibility index (Phi) is 13.8. The largest absolute Gasteiger partial charge is 0.480 e. The standard InChI is InChI=1S/C20H26BrNO3.C10H17NO4.C9H10BrN/c1-20(2,3)25-19(24)22-8-4-5-17(22)18(23)11-13-9-14-6-7-16(21)12-15(14)10-13;1-10(2,3)15-9(14)11-6-4-5-7(11)8(12)13;10-8-2-1-6-4-9(11)5-7(6)3-8/h6-7,12-13,17H,4-5,8-11H2,1-3H3;7H,4-6H2,1-3H3,(H,12,13);1-3,9H,4-5,11H2. The summed E-state index contributed by atoms with van der Waals surface area (Å²) in [5, 5.41) is 8.88. The van der Waals surface area contributed by atoms with Gasteiger partial charge in [-0.05, 0) is 145 Å². The van der Waals surface area contributed by atoms with E-state index in [1.54, 1.807) is 25.7 Å². The van der Waals surface area contributed by atoms with Crippen LogP contribution in [-0.2, 0) is 44.7 Å². The molecular formula is C39H53Br2N3O7. The van der Waals surface area contributed by atoms with E-state index in [1.807, 2.05) is 20.8 Å². The lowest BCUT2D eigenvalue weighted by molar-refractivity contribution is -0.142. The molecule has 4 unspecified atom stereocenters. The van der Waals surface area contributed by atoms with Gasteiger partial charge >= 0.3 is 18.2 Å². The van der Waals surface area contributed by atoms with Gasteiger partial charge in [-0.1, -0.05) is 44.0 Å². The highest BCUT2D eigenvalue weighted by atomic mass is 79.9. The lowest BCUT2D eigenvalue weighted by Crippen LogP contribution is -2.43. The lowest BCUT2D eigenvalue weighted by Gasteiger charge is -2.28. The van der Waals surface area contributed by atoms with E-state index in [1.165, 1.54) is 27.2 Å². The van der Waals surface area contributed by atoms with E-state index in [0.29, 0.717) is 37.9 Å². The number of hydrogen-bond donors (Lipinski definition) is 2. The molecule has 3 N–H and O–H groups in total. The number of ether oxygens (including phenoxy) is 2. The van der Waals surface area contributed by atoms with Crippen LogP contribution in [0.25, 0.3) is 0 Å². The van der Waals surface area contributed by atoms with E-state index in [-0.39, 0.29) is 17.9 Å². The number of aliphatic carboxylic acids is 1. The molecule has 0 spiro atoms. The minimum Gasteiger partial charge on any atom is -0.480 e. The van der Waals surface area contributed by atoms with Crippen LogP contribution in [0.4, 0.5) is 9.59 Å². The molecule has 0 aromatic heterocycles. The smallest absolute Gasteiger partial charge is 0.411 e. The number of amides is 2. The van der Waals surface area contributed by atoms with Gasteiger partial charge in [-0.2, -0.15) is 0 Å². The van der Waals surface area contributed by atoms with E-state index < -0.39 is 29.3 Å². The van der Waals surface area contributed by atoms with Crippen molar-refractivity contribution in [2.45, 2.75) is 129 Å². The van der Waals surface area contributed by atoms with Crippen LogP contribution in [0.3, 0.4) is 0 Å². The van der Waals surface area contributed by atoms with Gasteiger partial charge in [0.25, 0.3) is 0 Å². The quantitative estimate of drug-likeness (QED) is 0.318. The van der Waals surface area contributed by atoms with E-state index in [4.69, 9.17) is 20.3 Å². The summed E-state index contributed by atoms with van der Waals surface area (Å²) in [6, 6.07) is 12.1. The van der Waals surface area contributed by atoms with Crippen LogP contribution >= 0.6 is 31.9 Å². The fourth-order valence-corrected chi connectivity index (χ4v) is 7.88. The minimum atomic E-state index is -0.960. The van der Waals surface area contributed by atoms with Crippen molar-refractivity contribution in [2.75, 3.05) is 13.1 Å². The lowest BCUT2D eigenvalue weighted by atomic mass is 9.95. The van der Waals surface area contributed by atoms with Gasteiger partial charge in [0, 0.05) is 34.5 Å². The first kappa shape index (κ1) is 40.8. The molecule has 2 heterocycles. The minimum absolute atomic E-state index is 0.181. The Labute approximate surface area is 319 Å². The molecule has 2 aromatic rings. The van der Waals surface area contributed by atoms with Crippen LogP contribution in [0, 0.1) is 5.92 Å². The number of nitrogens with zero attached hydrogens (tertiary/aromatic N) is 2. The zero-order chi connectivity index (χ0) is 37.7. The molecule has 0 bridgehead atoms. The van der Waals surface area contributed by atoms with Gasteiger partial charge in [-0.15, -0.1) is 0 Å². The zero-order valence-electron chi connectivity index (χ0n) is 30.7. The highest BCUT2D eigenvalue weighted by molar-refractivity contribution is 9.10. The molecule has 10 nitrogen and oxygen atoms in total. The van der Waals surface area contributed by atoms with Crippen molar-refractivity contribution in [3.63, 3.8) is 0 Å². The summed E-state index contributed by atoms with van der Waals surface area (Å²) in [5.41, 5.74) is 10.2. The summed E-state index contributed by atoms with van der Waals surface area (Å²) in [5.74, 6) is -0.434. The fraction of sp³-hybridized carbons (Fsp3) is 0.590. The Hall–Kier alpha value is -2.96. The van der Waals surface area contributed by atoms with Crippen LogP contribution in [0.1, 0.15) is 95.9 Å². The van der Waals surface area contributed by atoms with Gasteiger partial charge in [0.05, 0.1) is 6.04 Å². The molecule has 0 saturated carbocycles. The number of likely N-dealkylation sites (tertiary alicyclic amines) is 2. The van der Waals surface area contributed by atoms with Crippen molar-refractivity contribution in [1.82, 2.24) is 9.80 Å². The topological polar surface area (TPSA) is 139 Å². The highest BCUT2D eigenvalue weighted by Crippen LogP contribution is 2.33. The normalized spacial score (nSPS) is 22.2. The molecule has 2 fully saturated rings. The Balaban J connectivity index is 0.000000190. The van der Waals surface area contributed by atoms with E-state index in [9.17, 15) is 19.2 Å². The molecule has 4 aliphatic rings. The monoisotopic (exact) mass is 833 g/mol. The van der Waals surface area contributed by atoms with Crippen LogP contribution < -0.4 is 5.73 Å². The molecule has 280 valence electrons. The Morgan fingerprint density at radius 3 is 1.67 bits per heavy atom. The second-order valence-electron chi connectivity index (χ2n) is 15.9. The molecule has 6 rings (SSSR count). The molecule has 12 heteroatoms. The van der Waals surface area contributed by atoms with Gasteiger partial charge in [0.1, 0.15) is 17.2 Å². The van der Waals surface area contributed by atoms with Gasteiger partial charge in [0.15, 0.2) is 5.78 Å². The van der Waals surface area contributed by atoms with Crippen molar-refractivity contribution in [3.05, 3.63) is 67.6 Å². The maximum absolute atomic E-state index is 12.8. The predicted octanol–water partition coefficient (Wildman–Crippen LogP) is 7.87. The van der Waals surface area contributed by atoms with E-state index in [0.717, 1.165) is 53.9 Å². The number of rotatable bonds is 4. The maximum atomic E-state index is 12.8. The number of halogens is 2. The average Bonchev–Trinajstić information content (AvgIpc) is 3.81. The van der Waals surface area contributed by atoms with Crippen molar-refractivity contribution < 1.29 is 33.8 Å². The van der Waals surface area contributed by atoms with Crippen LogP contribution in [-0.4, -0.2) is 81.3 Å². The van der Waals surface area contributed by atoms with Crippen molar-refractivity contribution in [1.29, 1.82) is 0 Å². The summed E-state index contributed by atoms with van der Waals surface area (Å²) in [6.07, 6.45) is 6.47. The fourth-order valence-electron chi connectivity index (χ4n) is 7.07. The second-order valence-corrected chi connectivity index (χ2v) is 17.8. The van der Waals surface area contributed by atoms with Gasteiger partial charge in [-0.3, -0.25) is 14.6 Å². The summed E-state index contributed by atoms with van der Waals surface area (Å²) < 4.78 is 12.8. The number of benzene rings is 2. The third kappa shape index (κ3) is 12.0. The molecule has 2 aliphatic heterocycles. The molecule has 0 radical (unpaired) electrons. The number of ketones is 1. The maximum Gasteiger partial charge on any atom is 0.411 e. The van der Waals surface area contributed by atoms with Crippen LogP contribution in [0.5, 0.6) is 0 Å². The number of nitrogens with two attached hydrogens (primary N) is 1. The number of fused-ring (bicyclic) bond motifs is 2. The predicted molar refractivity (Wildman–Crippen MR) is 204 cm³/mol. The average molecular weight is 836 g/mol. The second kappa shape index (κ2) is 17.2.